The van der Waals surface area contributed by atoms with E-state index in [1.807, 2.05) is 27.4 Å². The lowest BCUT2D eigenvalue weighted by Gasteiger charge is -2.30. The number of likely N-dealkylation sites (tertiary alicyclic amines) is 1. The van der Waals surface area contributed by atoms with E-state index in [9.17, 15) is 4.79 Å². The van der Waals surface area contributed by atoms with Gasteiger partial charge in [-0.3, -0.25) is 14.2 Å². The van der Waals surface area contributed by atoms with Crippen molar-refractivity contribution < 1.29 is 4.79 Å². The zero-order chi connectivity index (χ0) is 16.6. The van der Waals surface area contributed by atoms with Crippen LogP contribution in [0.2, 0.25) is 0 Å². The third-order valence-corrected chi connectivity index (χ3v) is 4.83. The fourth-order valence-corrected chi connectivity index (χ4v) is 3.36. The second-order valence-corrected chi connectivity index (χ2v) is 7.04. The number of aryl methyl sites for hydroxylation is 2. The zero-order valence-electron chi connectivity index (χ0n) is 14.6. The Morgan fingerprint density at radius 2 is 2.04 bits per heavy atom. The first kappa shape index (κ1) is 16.0. The molecule has 126 valence electrons. The van der Waals surface area contributed by atoms with Gasteiger partial charge >= 0.3 is 0 Å². The smallest absolute Gasteiger partial charge is 0.224 e. The molecule has 3 rings (SSSR count). The molecule has 0 spiro atoms. The minimum atomic E-state index is 0.245. The van der Waals surface area contributed by atoms with Crippen LogP contribution in [0, 0.1) is 12.8 Å². The number of fused-ring (bicyclic) bond motifs is 1. The average Bonchev–Trinajstić information content (AvgIpc) is 3.07. The molecule has 0 atom stereocenters. The minimum Gasteiger partial charge on any atom is -0.343 e. The summed E-state index contributed by atoms with van der Waals surface area (Å²) in [5.41, 5.74) is 3.08. The Bertz CT molecular complexity index is 691. The van der Waals surface area contributed by atoms with Crippen molar-refractivity contribution in [3.63, 3.8) is 0 Å². The molecule has 6 nitrogen and oxygen atoms in total. The summed E-state index contributed by atoms with van der Waals surface area (Å²) in [6, 6.07) is 0.306. The van der Waals surface area contributed by atoms with Gasteiger partial charge in [0.2, 0.25) is 5.91 Å². The summed E-state index contributed by atoms with van der Waals surface area (Å²) in [6.07, 6.45) is 4.62. The molecule has 2 aromatic rings. The van der Waals surface area contributed by atoms with E-state index in [1.54, 1.807) is 0 Å². The van der Waals surface area contributed by atoms with Gasteiger partial charge in [0.05, 0.1) is 18.4 Å². The number of piperidine rings is 1. The van der Waals surface area contributed by atoms with Crippen LogP contribution in [0.1, 0.15) is 51.8 Å². The first-order valence-corrected chi connectivity index (χ1v) is 8.65. The molecule has 2 aromatic heterocycles. The molecule has 0 bridgehead atoms. The highest BCUT2D eigenvalue weighted by atomic mass is 16.2. The van der Waals surface area contributed by atoms with Gasteiger partial charge in [-0.25, -0.2) is 0 Å². The van der Waals surface area contributed by atoms with Gasteiger partial charge in [-0.2, -0.15) is 10.2 Å². The Balaban J connectivity index is 1.69. The third-order valence-electron chi connectivity index (χ3n) is 4.83. The number of carbonyl (C=O) groups excluding carboxylic acids is 1. The normalized spacial score (nSPS) is 16.7. The Morgan fingerprint density at radius 1 is 1.35 bits per heavy atom. The van der Waals surface area contributed by atoms with Crippen LogP contribution in [0.15, 0.2) is 6.20 Å². The van der Waals surface area contributed by atoms with Gasteiger partial charge in [0, 0.05) is 25.6 Å². The minimum absolute atomic E-state index is 0.245. The predicted octanol–water partition coefficient (Wildman–Crippen LogP) is 2.77. The highest BCUT2D eigenvalue weighted by molar-refractivity contribution is 5.79. The average molecular weight is 317 g/mol. The van der Waals surface area contributed by atoms with Crippen LogP contribution in [-0.4, -0.2) is 43.5 Å². The van der Waals surface area contributed by atoms with Crippen molar-refractivity contribution in [2.45, 2.75) is 59.5 Å². The Kier molecular flexibility index (Phi) is 4.41. The van der Waals surface area contributed by atoms with E-state index >= 15 is 0 Å². The second kappa shape index (κ2) is 6.34. The molecule has 0 saturated carbocycles. The molecule has 1 fully saturated rings. The molecule has 1 aliphatic heterocycles. The van der Waals surface area contributed by atoms with Crippen molar-refractivity contribution in [3.05, 3.63) is 11.9 Å². The molecular weight excluding hydrogens is 290 g/mol. The fraction of sp³-hybridized carbons (Fsp3) is 0.706. The largest absolute Gasteiger partial charge is 0.343 e. The molecule has 0 aromatic carbocycles. The van der Waals surface area contributed by atoms with E-state index in [0.29, 0.717) is 19.0 Å². The Morgan fingerprint density at radius 3 is 2.70 bits per heavy atom. The van der Waals surface area contributed by atoms with E-state index in [0.717, 1.165) is 48.6 Å². The summed E-state index contributed by atoms with van der Waals surface area (Å²) in [7, 11) is 0. The van der Waals surface area contributed by atoms with E-state index in [1.165, 1.54) is 0 Å². The number of amides is 1. The molecule has 1 aliphatic rings. The van der Waals surface area contributed by atoms with Crippen LogP contribution >= 0.6 is 0 Å². The summed E-state index contributed by atoms with van der Waals surface area (Å²) in [5.74, 6) is 0.990. The quantitative estimate of drug-likeness (QED) is 0.871. The molecule has 23 heavy (non-hydrogen) atoms. The molecule has 0 aliphatic carbocycles. The summed E-state index contributed by atoms with van der Waals surface area (Å²) in [5, 5.41) is 9.07. The molecule has 6 heteroatoms. The SMILES string of the molecule is Cc1nn(C(C)C)c2cnn(CCC(=O)N3CCC(C)CC3)c12. The number of nitrogens with zero attached hydrogens (tertiary/aromatic N) is 5. The summed E-state index contributed by atoms with van der Waals surface area (Å²) >= 11 is 0. The highest BCUT2D eigenvalue weighted by Gasteiger charge is 2.21. The number of aromatic nitrogens is 4. The maximum Gasteiger partial charge on any atom is 0.224 e. The number of hydrogen-bond acceptors (Lipinski definition) is 3. The van der Waals surface area contributed by atoms with Crippen molar-refractivity contribution in [1.82, 2.24) is 24.5 Å². The van der Waals surface area contributed by atoms with Crippen molar-refractivity contribution in [3.8, 4) is 0 Å². The lowest BCUT2D eigenvalue weighted by molar-refractivity contribution is -0.132. The molecule has 0 N–H and O–H groups in total. The molecule has 1 amide bonds. The van der Waals surface area contributed by atoms with Crippen LogP contribution in [-0.2, 0) is 11.3 Å². The van der Waals surface area contributed by atoms with Gasteiger partial charge in [0.15, 0.2) is 0 Å². The summed E-state index contributed by atoms with van der Waals surface area (Å²) in [6.45, 7) is 10.9. The zero-order valence-corrected chi connectivity index (χ0v) is 14.6. The Labute approximate surface area is 137 Å². The molecule has 0 unspecified atom stereocenters. The topological polar surface area (TPSA) is 56.0 Å². The van der Waals surface area contributed by atoms with E-state index in [-0.39, 0.29) is 5.91 Å². The van der Waals surface area contributed by atoms with E-state index < -0.39 is 0 Å². The molecule has 0 radical (unpaired) electrons. The van der Waals surface area contributed by atoms with Crippen LogP contribution in [0.5, 0.6) is 0 Å². The van der Waals surface area contributed by atoms with Crippen molar-refractivity contribution in [1.29, 1.82) is 0 Å². The van der Waals surface area contributed by atoms with Gasteiger partial charge in [-0.05, 0) is 39.5 Å². The summed E-state index contributed by atoms with van der Waals surface area (Å²) in [4.78, 5) is 14.4. The summed E-state index contributed by atoms with van der Waals surface area (Å²) < 4.78 is 3.93. The maximum absolute atomic E-state index is 12.4. The second-order valence-electron chi connectivity index (χ2n) is 7.04. The van der Waals surface area contributed by atoms with Crippen LogP contribution in [0.25, 0.3) is 11.0 Å². The number of hydrogen-bond donors (Lipinski definition) is 0. The van der Waals surface area contributed by atoms with E-state index in [4.69, 9.17) is 0 Å². The van der Waals surface area contributed by atoms with Gasteiger partial charge in [-0.1, -0.05) is 6.92 Å². The van der Waals surface area contributed by atoms with Crippen molar-refractivity contribution in [2.24, 2.45) is 5.92 Å². The van der Waals surface area contributed by atoms with Gasteiger partial charge < -0.3 is 4.90 Å². The number of carbonyl (C=O) groups is 1. The van der Waals surface area contributed by atoms with Gasteiger partial charge in [0.1, 0.15) is 11.0 Å². The lowest BCUT2D eigenvalue weighted by atomic mass is 9.99. The van der Waals surface area contributed by atoms with Crippen LogP contribution < -0.4 is 0 Å². The standard InChI is InChI=1S/C17H27N5O/c1-12(2)22-15-11-18-21(17(15)14(4)19-22)10-7-16(23)20-8-5-13(3)6-9-20/h11-13H,5-10H2,1-4H3. The fourth-order valence-electron chi connectivity index (χ4n) is 3.36. The first-order chi connectivity index (χ1) is 11.0. The van der Waals surface area contributed by atoms with Gasteiger partial charge in [0.25, 0.3) is 0 Å². The monoisotopic (exact) mass is 317 g/mol. The molecular formula is C17H27N5O. The van der Waals surface area contributed by atoms with Gasteiger partial charge in [-0.15, -0.1) is 0 Å². The Hall–Kier alpha value is -1.85. The highest BCUT2D eigenvalue weighted by Crippen LogP contribution is 2.22. The van der Waals surface area contributed by atoms with Crippen molar-refractivity contribution >= 4 is 16.9 Å². The van der Waals surface area contributed by atoms with E-state index in [2.05, 4.69) is 31.0 Å². The maximum atomic E-state index is 12.4. The van der Waals surface area contributed by atoms with Crippen LogP contribution in [0.3, 0.4) is 0 Å². The predicted molar refractivity (Wildman–Crippen MR) is 90.2 cm³/mol. The first-order valence-electron chi connectivity index (χ1n) is 8.65. The molecule has 3 heterocycles. The lowest BCUT2D eigenvalue weighted by Crippen LogP contribution is -2.38. The van der Waals surface area contributed by atoms with Crippen molar-refractivity contribution in [2.75, 3.05) is 13.1 Å². The third kappa shape index (κ3) is 3.12. The number of rotatable bonds is 4. The molecule has 1 saturated heterocycles. The van der Waals surface area contributed by atoms with Crippen LogP contribution in [0.4, 0.5) is 0 Å².